The largest absolute Gasteiger partial charge is 0.344 e. The van der Waals surface area contributed by atoms with Crippen LogP contribution in [0.15, 0.2) is 23.2 Å². The van der Waals surface area contributed by atoms with E-state index < -0.39 is 0 Å². The van der Waals surface area contributed by atoms with Gasteiger partial charge in [-0.2, -0.15) is 0 Å². The van der Waals surface area contributed by atoms with Crippen LogP contribution in [0.1, 0.15) is 32.3 Å². The van der Waals surface area contributed by atoms with E-state index in [2.05, 4.69) is 24.2 Å². The number of halogens is 1. The van der Waals surface area contributed by atoms with Gasteiger partial charge < -0.3 is 5.32 Å². The highest BCUT2D eigenvalue weighted by Gasteiger charge is 2.09. The third-order valence-corrected chi connectivity index (χ3v) is 3.28. The molecular weight excluding hydrogens is 232 g/mol. The fourth-order valence-corrected chi connectivity index (χ4v) is 1.97. The Morgan fingerprint density at radius 1 is 1.47 bits per heavy atom. The summed E-state index contributed by atoms with van der Waals surface area (Å²) >= 11 is 6.10. The van der Waals surface area contributed by atoms with Crippen molar-refractivity contribution in [1.82, 2.24) is 0 Å². The van der Waals surface area contributed by atoms with Crippen LogP contribution in [-0.2, 0) is 0 Å². The standard InChI is InChI=1S/C14H21ClN2/c1-5-6-11(3)14(16-4)17-12-8-7-10(2)13(15)9-12/h7-9,11H,5-6H2,1-4H3,(H,16,17). The summed E-state index contributed by atoms with van der Waals surface area (Å²) in [4.78, 5) is 4.32. The van der Waals surface area contributed by atoms with Crippen molar-refractivity contribution in [1.29, 1.82) is 0 Å². The number of nitrogens with one attached hydrogen (secondary N) is 1. The van der Waals surface area contributed by atoms with Crippen molar-refractivity contribution < 1.29 is 0 Å². The number of nitrogens with zero attached hydrogens (tertiary/aromatic N) is 1. The average Bonchev–Trinajstić information content (AvgIpc) is 2.30. The molecule has 1 rings (SSSR count). The van der Waals surface area contributed by atoms with Crippen molar-refractivity contribution in [3.8, 4) is 0 Å². The molecule has 1 aromatic rings. The second-order valence-corrected chi connectivity index (χ2v) is 4.79. The zero-order valence-corrected chi connectivity index (χ0v) is 11.8. The number of amidine groups is 1. The predicted molar refractivity (Wildman–Crippen MR) is 77.2 cm³/mol. The first-order valence-corrected chi connectivity index (χ1v) is 6.46. The summed E-state index contributed by atoms with van der Waals surface area (Å²) in [5.74, 6) is 1.47. The normalized spacial score (nSPS) is 13.6. The maximum absolute atomic E-state index is 6.10. The number of benzene rings is 1. The van der Waals surface area contributed by atoms with E-state index in [0.717, 1.165) is 35.0 Å². The van der Waals surface area contributed by atoms with Crippen LogP contribution in [0, 0.1) is 12.8 Å². The number of aryl methyl sites for hydroxylation is 1. The lowest BCUT2D eigenvalue weighted by molar-refractivity contribution is 0.664. The lowest BCUT2D eigenvalue weighted by Gasteiger charge is -2.16. The quantitative estimate of drug-likeness (QED) is 0.618. The van der Waals surface area contributed by atoms with E-state index in [1.54, 1.807) is 0 Å². The molecule has 3 heteroatoms. The van der Waals surface area contributed by atoms with Gasteiger partial charge >= 0.3 is 0 Å². The van der Waals surface area contributed by atoms with Crippen LogP contribution >= 0.6 is 11.6 Å². The van der Waals surface area contributed by atoms with Crippen LogP contribution < -0.4 is 5.32 Å². The molecule has 0 amide bonds. The van der Waals surface area contributed by atoms with E-state index in [1.807, 2.05) is 32.2 Å². The monoisotopic (exact) mass is 252 g/mol. The molecule has 0 fully saturated rings. The van der Waals surface area contributed by atoms with E-state index in [-0.39, 0.29) is 0 Å². The molecule has 1 atom stereocenters. The van der Waals surface area contributed by atoms with Gasteiger partial charge in [-0.1, -0.05) is 37.9 Å². The minimum atomic E-state index is 0.449. The summed E-state index contributed by atoms with van der Waals surface area (Å²) in [5.41, 5.74) is 2.10. The highest BCUT2D eigenvalue weighted by Crippen LogP contribution is 2.21. The van der Waals surface area contributed by atoms with Crippen molar-refractivity contribution in [2.75, 3.05) is 12.4 Å². The van der Waals surface area contributed by atoms with Crippen LogP contribution in [0.5, 0.6) is 0 Å². The molecule has 1 aromatic carbocycles. The highest BCUT2D eigenvalue weighted by atomic mass is 35.5. The average molecular weight is 253 g/mol. The van der Waals surface area contributed by atoms with Crippen LogP contribution in [0.25, 0.3) is 0 Å². The van der Waals surface area contributed by atoms with Crippen molar-refractivity contribution in [2.24, 2.45) is 10.9 Å². The first kappa shape index (κ1) is 14.0. The van der Waals surface area contributed by atoms with Crippen molar-refractivity contribution in [3.63, 3.8) is 0 Å². The fourth-order valence-electron chi connectivity index (χ4n) is 1.79. The highest BCUT2D eigenvalue weighted by molar-refractivity contribution is 6.31. The Hall–Kier alpha value is -1.02. The van der Waals surface area contributed by atoms with Crippen molar-refractivity contribution in [2.45, 2.75) is 33.6 Å². The molecule has 94 valence electrons. The maximum Gasteiger partial charge on any atom is 0.103 e. The molecular formula is C14H21ClN2. The molecule has 0 aliphatic heterocycles. The summed E-state index contributed by atoms with van der Waals surface area (Å²) in [6, 6.07) is 5.99. The summed E-state index contributed by atoms with van der Waals surface area (Å²) in [5, 5.41) is 4.13. The Labute approximate surface area is 109 Å². The molecule has 1 N–H and O–H groups in total. The molecule has 0 radical (unpaired) electrons. The van der Waals surface area contributed by atoms with Gasteiger partial charge in [0.15, 0.2) is 0 Å². The molecule has 0 aliphatic rings. The Morgan fingerprint density at radius 3 is 2.71 bits per heavy atom. The van der Waals surface area contributed by atoms with Crippen LogP contribution in [-0.4, -0.2) is 12.9 Å². The van der Waals surface area contributed by atoms with Crippen LogP contribution in [0.3, 0.4) is 0 Å². The Kier molecular flexibility index (Phi) is 5.49. The molecule has 0 saturated heterocycles. The molecule has 1 unspecified atom stereocenters. The van der Waals surface area contributed by atoms with E-state index >= 15 is 0 Å². The second-order valence-electron chi connectivity index (χ2n) is 4.39. The Morgan fingerprint density at radius 2 is 2.18 bits per heavy atom. The van der Waals surface area contributed by atoms with Crippen molar-refractivity contribution in [3.05, 3.63) is 28.8 Å². The summed E-state index contributed by atoms with van der Waals surface area (Å²) in [7, 11) is 1.82. The molecule has 0 spiro atoms. The van der Waals surface area contributed by atoms with Gasteiger partial charge in [0.2, 0.25) is 0 Å². The number of rotatable bonds is 4. The molecule has 0 saturated carbocycles. The van der Waals surface area contributed by atoms with Gasteiger partial charge in [0.1, 0.15) is 5.84 Å². The van der Waals surface area contributed by atoms with Crippen molar-refractivity contribution >= 4 is 23.1 Å². The number of hydrogen-bond donors (Lipinski definition) is 1. The number of hydrogen-bond acceptors (Lipinski definition) is 1. The van der Waals surface area contributed by atoms with Gasteiger partial charge in [0.05, 0.1) is 0 Å². The van der Waals surface area contributed by atoms with E-state index in [0.29, 0.717) is 5.92 Å². The lowest BCUT2D eigenvalue weighted by Crippen LogP contribution is -2.20. The number of anilines is 1. The molecule has 0 aliphatic carbocycles. The lowest BCUT2D eigenvalue weighted by atomic mass is 10.0. The first-order valence-electron chi connectivity index (χ1n) is 6.08. The Balaban J connectivity index is 2.78. The predicted octanol–water partition coefficient (Wildman–Crippen LogP) is 4.52. The molecule has 2 nitrogen and oxygen atoms in total. The zero-order valence-electron chi connectivity index (χ0n) is 11.0. The minimum Gasteiger partial charge on any atom is -0.344 e. The van der Waals surface area contributed by atoms with Gasteiger partial charge in [-0.3, -0.25) is 4.99 Å². The van der Waals surface area contributed by atoms with E-state index in [4.69, 9.17) is 11.6 Å². The second kappa shape index (κ2) is 6.65. The molecule has 0 bridgehead atoms. The van der Waals surface area contributed by atoms with Gasteiger partial charge in [0.25, 0.3) is 0 Å². The fraction of sp³-hybridized carbons (Fsp3) is 0.500. The van der Waals surface area contributed by atoms with Crippen LogP contribution in [0.2, 0.25) is 5.02 Å². The van der Waals surface area contributed by atoms with Gasteiger partial charge in [0, 0.05) is 23.7 Å². The third kappa shape index (κ3) is 4.04. The van der Waals surface area contributed by atoms with Gasteiger partial charge in [-0.15, -0.1) is 0 Å². The molecule has 0 heterocycles. The zero-order chi connectivity index (χ0) is 12.8. The molecule has 17 heavy (non-hydrogen) atoms. The number of aliphatic imine (C=N–C) groups is 1. The summed E-state index contributed by atoms with van der Waals surface area (Å²) in [6.45, 7) is 6.38. The van der Waals surface area contributed by atoms with E-state index in [9.17, 15) is 0 Å². The topological polar surface area (TPSA) is 24.4 Å². The van der Waals surface area contributed by atoms with Crippen LogP contribution in [0.4, 0.5) is 5.69 Å². The molecule has 0 aromatic heterocycles. The minimum absolute atomic E-state index is 0.449. The van der Waals surface area contributed by atoms with Gasteiger partial charge in [-0.05, 0) is 31.0 Å². The smallest absolute Gasteiger partial charge is 0.103 e. The maximum atomic E-state index is 6.10. The SMILES string of the molecule is CCCC(C)C(=NC)Nc1ccc(C)c(Cl)c1. The van der Waals surface area contributed by atoms with Gasteiger partial charge in [-0.25, -0.2) is 0 Å². The third-order valence-electron chi connectivity index (χ3n) is 2.87. The van der Waals surface area contributed by atoms with E-state index in [1.165, 1.54) is 0 Å². The summed E-state index contributed by atoms with van der Waals surface area (Å²) in [6.07, 6.45) is 2.30. The summed E-state index contributed by atoms with van der Waals surface area (Å²) < 4.78 is 0. The Bertz CT molecular complexity index is 399. The first-order chi connectivity index (χ1) is 8.08.